The van der Waals surface area contributed by atoms with Gasteiger partial charge >= 0.3 is 5.97 Å². The van der Waals surface area contributed by atoms with Crippen molar-refractivity contribution in [2.24, 2.45) is 29.0 Å². The highest BCUT2D eigenvalue weighted by Crippen LogP contribution is 2.13. The quantitative estimate of drug-likeness (QED) is 0.125. The molecule has 0 aromatic rings. The van der Waals surface area contributed by atoms with Gasteiger partial charge in [0.1, 0.15) is 18.1 Å². The van der Waals surface area contributed by atoms with Crippen molar-refractivity contribution in [2.45, 2.75) is 90.4 Å². The Morgan fingerprint density at radius 2 is 1.35 bits per heavy atom. The second-order valence-electron chi connectivity index (χ2n) is 8.70. The Kier molecular flexibility index (Phi) is 14.7. The van der Waals surface area contributed by atoms with Gasteiger partial charge in [0, 0.05) is 0 Å². The summed E-state index contributed by atoms with van der Waals surface area (Å²) in [6.07, 6.45) is 2.06. The van der Waals surface area contributed by atoms with E-state index in [9.17, 15) is 29.1 Å². The van der Waals surface area contributed by atoms with Crippen molar-refractivity contribution in [3.63, 3.8) is 0 Å². The van der Waals surface area contributed by atoms with Crippen LogP contribution in [0.3, 0.4) is 0 Å². The van der Waals surface area contributed by atoms with E-state index in [0.717, 1.165) is 0 Å². The number of carbonyl (C=O) groups is 5. The van der Waals surface area contributed by atoms with Gasteiger partial charge in [-0.3, -0.25) is 19.2 Å². The summed E-state index contributed by atoms with van der Waals surface area (Å²) in [7, 11) is 0. The molecule has 0 rings (SSSR count). The van der Waals surface area contributed by atoms with Crippen LogP contribution in [0.1, 0.15) is 66.2 Å². The van der Waals surface area contributed by atoms with E-state index >= 15 is 0 Å². The Labute approximate surface area is 201 Å². The van der Waals surface area contributed by atoms with Crippen LogP contribution in [0, 0.1) is 11.8 Å². The molecule has 0 bridgehead atoms. The SMILES string of the molecule is CCC(C)C(NC(=O)C(NC(=O)C(CCCCN)NC(=O)C(N)CC(N)=O)C(C)CC)C(=O)O. The molecule has 0 spiro atoms. The number of rotatable bonds is 17. The van der Waals surface area contributed by atoms with Crippen LogP contribution in [0.2, 0.25) is 0 Å². The first-order valence-electron chi connectivity index (χ1n) is 11.8. The third-order valence-corrected chi connectivity index (χ3v) is 5.91. The van der Waals surface area contributed by atoms with Gasteiger partial charge in [0.05, 0.1) is 12.5 Å². The van der Waals surface area contributed by atoms with Gasteiger partial charge in [-0.25, -0.2) is 4.79 Å². The number of hydrogen-bond acceptors (Lipinski definition) is 7. The number of carboxylic acid groups (broad SMARTS) is 1. The number of primary amides is 1. The molecule has 0 aromatic carbocycles. The summed E-state index contributed by atoms with van der Waals surface area (Å²) in [5.41, 5.74) is 16.3. The monoisotopic (exact) mass is 486 g/mol. The minimum Gasteiger partial charge on any atom is -0.480 e. The number of aliphatic carboxylic acids is 1. The van der Waals surface area contributed by atoms with Gasteiger partial charge in [0.15, 0.2) is 0 Å². The molecule has 0 aliphatic carbocycles. The molecule has 12 nitrogen and oxygen atoms in total. The molecule has 0 saturated heterocycles. The molecule has 12 heteroatoms. The standard InChI is InChI=1S/C22H42N6O6/c1-5-12(3)17(21(32)28-18(22(33)34)13(4)6-2)27-20(31)15(9-7-8-10-23)26-19(30)14(24)11-16(25)29/h12-15,17-18H,5-11,23-24H2,1-4H3,(H2,25,29)(H,26,30)(H,27,31)(H,28,32)(H,33,34). The summed E-state index contributed by atoms with van der Waals surface area (Å²) in [5, 5.41) is 17.2. The Bertz CT molecular complexity index is 703. The molecule has 0 radical (unpaired) electrons. The zero-order chi connectivity index (χ0) is 26.4. The fourth-order valence-electron chi connectivity index (χ4n) is 3.23. The van der Waals surface area contributed by atoms with Gasteiger partial charge in [0.25, 0.3) is 0 Å². The van der Waals surface area contributed by atoms with Crippen LogP contribution < -0.4 is 33.2 Å². The Morgan fingerprint density at radius 1 is 0.824 bits per heavy atom. The van der Waals surface area contributed by atoms with E-state index in [1.54, 1.807) is 13.8 Å². The van der Waals surface area contributed by atoms with Crippen LogP contribution in [0.15, 0.2) is 0 Å². The smallest absolute Gasteiger partial charge is 0.326 e. The Morgan fingerprint density at radius 3 is 1.82 bits per heavy atom. The molecule has 0 aliphatic heterocycles. The summed E-state index contributed by atoms with van der Waals surface area (Å²) in [6.45, 7) is 7.53. The van der Waals surface area contributed by atoms with Crippen molar-refractivity contribution in [2.75, 3.05) is 6.54 Å². The molecular formula is C22H42N6O6. The Hall–Kier alpha value is -2.73. The summed E-state index contributed by atoms with van der Waals surface area (Å²) >= 11 is 0. The number of unbranched alkanes of at least 4 members (excludes halogenated alkanes) is 1. The van der Waals surface area contributed by atoms with Crippen LogP contribution in [0.5, 0.6) is 0 Å². The zero-order valence-corrected chi connectivity index (χ0v) is 20.6. The van der Waals surface area contributed by atoms with Gasteiger partial charge in [0.2, 0.25) is 23.6 Å². The summed E-state index contributed by atoms with van der Waals surface area (Å²) < 4.78 is 0. The minimum absolute atomic E-state index is 0.234. The molecule has 6 unspecified atom stereocenters. The fourth-order valence-corrected chi connectivity index (χ4v) is 3.23. The minimum atomic E-state index is -1.22. The highest BCUT2D eigenvalue weighted by molar-refractivity contribution is 5.95. The first-order valence-corrected chi connectivity index (χ1v) is 11.8. The predicted octanol–water partition coefficient (Wildman–Crippen LogP) is -1.05. The fraction of sp³-hybridized carbons (Fsp3) is 0.773. The van der Waals surface area contributed by atoms with Crippen molar-refractivity contribution < 1.29 is 29.1 Å². The van der Waals surface area contributed by atoms with Gasteiger partial charge in [-0.1, -0.05) is 40.5 Å². The summed E-state index contributed by atoms with van der Waals surface area (Å²) in [6, 6.07) is -4.37. The predicted molar refractivity (Wildman–Crippen MR) is 127 cm³/mol. The maximum absolute atomic E-state index is 13.1. The molecule has 0 fully saturated rings. The summed E-state index contributed by atoms with van der Waals surface area (Å²) in [5.74, 6) is -4.50. The molecule has 196 valence electrons. The Balaban J connectivity index is 5.61. The maximum atomic E-state index is 13.1. The molecule has 6 atom stereocenters. The van der Waals surface area contributed by atoms with Gasteiger partial charge in [-0.2, -0.15) is 0 Å². The van der Waals surface area contributed by atoms with Crippen molar-refractivity contribution >= 4 is 29.6 Å². The average Bonchev–Trinajstić information content (AvgIpc) is 2.78. The molecule has 0 aliphatic rings. The number of amides is 4. The van der Waals surface area contributed by atoms with E-state index < -0.39 is 53.8 Å². The lowest BCUT2D eigenvalue weighted by atomic mass is 9.95. The molecular weight excluding hydrogens is 444 g/mol. The van der Waals surface area contributed by atoms with Crippen LogP contribution in [-0.4, -0.2) is 65.4 Å². The van der Waals surface area contributed by atoms with E-state index in [1.165, 1.54) is 0 Å². The lowest BCUT2D eigenvalue weighted by Crippen LogP contribution is -2.59. The number of carbonyl (C=O) groups excluding carboxylic acids is 4. The van der Waals surface area contributed by atoms with Crippen molar-refractivity contribution in [3.8, 4) is 0 Å². The van der Waals surface area contributed by atoms with E-state index in [0.29, 0.717) is 32.2 Å². The number of hydrogen-bond donors (Lipinski definition) is 7. The van der Waals surface area contributed by atoms with E-state index in [4.69, 9.17) is 17.2 Å². The average molecular weight is 487 g/mol. The van der Waals surface area contributed by atoms with E-state index in [-0.39, 0.29) is 24.7 Å². The van der Waals surface area contributed by atoms with Gasteiger partial charge < -0.3 is 38.3 Å². The third kappa shape index (κ3) is 10.9. The molecule has 34 heavy (non-hydrogen) atoms. The lowest BCUT2D eigenvalue weighted by Gasteiger charge is -2.29. The van der Waals surface area contributed by atoms with E-state index in [1.807, 2.05) is 13.8 Å². The zero-order valence-electron chi connectivity index (χ0n) is 20.6. The number of carboxylic acids is 1. The molecule has 0 aromatic heterocycles. The topological polar surface area (TPSA) is 220 Å². The van der Waals surface area contributed by atoms with Crippen molar-refractivity contribution in [1.82, 2.24) is 16.0 Å². The first-order chi connectivity index (χ1) is 15.9. The second kappa shape index (κ2) is 16.0. The largest absolute Gasteiger partial charge is 0.480 e. The summed E-state index contributed by atoms with van der Waals surface area (Å²) in [4.78, 5) is 61.1. The van der Waals surface area contributed by atoms with Gasteiger partial charge in [-0.15, -0.1) is 0 Å². The van der Waals surface area contributed by atoms with Crippen LogP contribution >= 0.6 is 0 Å². The highest BCUT2D eigenvalue weighted by Gasteiger charge is 2.34. The van der Waals surface area contributed by atoms with Crippen LogP contribution in [0.4, 0.5) is 0 Å². The van der Waals surface area contributed by atoms with Crippen LogP contribution in [-0.2, 0) is 24.0 Å². The second-order valence-corrected chi connectivity index (χ2v) is 8.70. The van der Waals surface area contributed by atoms with Crippen LogP contribution in [0.25, 0.3) is 0 Å². The molecule has 10 N–H and O–H groups in total. The normalized spacial score (nSPS) is 16.3. The molecule has 0 heterocycles. The maximum Gasteiger partial charge on any atom is 0.326 e. The number of nitrogens with one attached hydrogen (secondary N) is 3. The molecule has 0 saturated carbocycles. The first kappa shape index (κ1) is 31.3. The molecule has 4 amide bonds. The van der Waals surface area contributed by atoms with Crippen molar-refractivity contribution in [1.29, 1.82) is 0 Å². The van der Waals surface area contributed by atoms with Gasteiger partial charge in [-0.05, 0) is 37.6 Å². The highest BCUT2D eigenvalue weighted by atomic mass is 16.4. The lowest BCUT2D eigenvalue weighted by molar-refractivity contribution is -0.144. The third-order valence-electron chi connectivity index (χ3n) is 5.91. The van der Waals surface area contributed by atoms with E-state index in [2.05, 4.69) is 16.0 Å². The van der Waals surface area contributed by atoms with Crippen molar-refractivity contribution in [3.05, 3.63) is 0 Å². The number of nitrogens with two attached hydrogens (primary N) is 3.